The SMILES string of the molecule is CCCCCCCCCC(=O)N/N=C(/C)c1ccc(NC(=O)C(F)(F)F)cc1. The number of hydrazone groups is 1. The van der Waals surface area contributed by atoms with E-state index in [2.05, 4.69) is 17.5 Å². The first-order chi connectivity index (χ1) is 13.2. The largest absolute Gasteiger partial charge is 0.471 e. The zero-order valence-electron chi connectivity index (χ0n) is 16.4. The molecule has 0 heterocycles. The van der Waals surface area contributed by atoms with Crippen LogP contribution in [0.3, 0.4) is 0 Å². The third kappa shape index (κ3) is 9.53. The van der Waals surface area contributed by atoms with Gasteiger partial charge in [0.15, 0.2) is 0 Å². The van der Waals surface area contributed by atoms with Gasteiger partial charge in [-0.1, -0.05) is 57.6 Å². The van der Waals surface area contributed by atoms with Crippen molar-refractivity contribution >= 4 is 23.2 Å². The van der Waals surface area contributed by atoms with Crippen molar-refractivity contribution in [3.05, 3.63) is 29.8 Å². The van der Waals surface area contributed by atoms with Crippen LogP contribution in [0.2, 0.25) is 0 Å². The molecule has 0 unspecified atom stereocenters. The van der Waals surface area contributed by atoms with Crippen molar-refractivity contribution in [1.82, 2.24) is 5.43 Å². The number of nitrogens with zero attached hydrogens (tertiary/aromatic N) is 1. The van der Waals surface area contributed by atoms with Crippen LogP contribution in [-0.4, -0.2) is 23.7 Å². The summed E-state index contributed by atoms with van der Waals surface area (Å²) in [6.07, 6.45) is 3.35. The van der Waals surface area contributed by atoms with Crippen LogP contribution in [0.15, 0.2) is 29.4 Å². The van der Waals surface area contributed by atoms with Gasteiger partial charge in [0.1, 0.15) is 0 Å². The van der Waals surface area contributed by atoms with E-state index in [9.17, 15) is 22.8 Å². The number of amides is 2. The van der Waals surface area contributed by atoms with E-state index >= 15 is 0 Å². The first-order valence-electron chi connectivity index (χ1n) is 9.55. The van der Waals surface area contributed by atoms with Gasteiger partial charge in [-0.25, -0.2) is 5.43 Å². The molecule has 2 N–H and O–H groups in total. The summed E-state index contributed by atoms with van der Waals surface area (Å²) in [6.45, 7) is 3.85. The van der Waals surface area contributed by atoms with E-state index in [1.807, 2.05) is 0 Å². The van der Waals surface area contributed by atoms with E-state index in [0.29, 0.717) is 17.7 Å². The number of benzene rings is 1. The molecule has 0 aliphatic heterocycles. The topological polar surface area (TPSA) is 70.6 Å². The van der Waals surface area contributed by atoms with Crippen LogP contribution >= 0.6 is 0 Å². The molecule has 0 atom stereocenters. The lowest BCUT2D eigenvalue weighted by Crippen LogP contribution is -2.29. The Kier molecular flexibility index (Phi) is 10.3. The van der Waals surface area contributed by atoms with Crippen molar-refractivity contribution in [3.8, 4) is 0 Å². The molecular weight excluding hydrogens is 371 g/mol. The van der Waals surface area contributed by atoms with Gasteiger partial charge >= 0.3 is 12.1 Å². The lowest BCUT2D eigenvalue weighted by molar-refractivity contribution is -0.167. The minimum Gasteiger partial charge on any atom is -0.318 e. The maximum Gasteiger partial charge on any atom is 0.471 e. The van der Waals surface area contributed by atoms with Crippen molar-refractivity contribution < 1.29 is 22.8 Å². The highest BCUT2D eigenvalue weighted by molar-refractivity contribution is 6.00. The third-order valence-corrected chi connectivity index (χ3v) is 4.17. The molecule has 1 rings (SSSR count). The van der Waals surface area contributed by atoms with Crippen molar-refractivity contribution in [2.75, 3.05) is 5.32 Å². The maximum atomic E-state index is 12.2. The molecule has 0 saturated heterocycles. The zero-order chi connectivity index (χ0) is 21.0. The standard InChI is InChI=1S/C20H28F3N3O2/c1-3-4-5-6-7-8-9-10-18(27)26-25-15(2)16-11-13-17(14-12-16)24-19(28)20(21,22)23/h11-14H,3-10H2,1-2H3,(H,24,28)(H,26,27)/b25-15-. The number of rotatable bonds is 11. The molecule has 0 saturated carbocycles. The van der Waals surface area contributed by atoms with Gasteiger partial charge in [0.25, 0.3) is 0 Å². The normalized spacial score (nSPS) is 12.0. The van der Waals surface area contributed by atoms with Crippen LogP contribution in [0, 0.1) is 0 Å². The third-order valence-electron chi connectivity index (χ3n) is 4.17. The van der Waals surface area contributed by atoms with Crippen molar-refractivity contribution in [2.45, 2.75) is 71.4 Å². The van der Waals surface area contributed by atoms with Crippen LogP contribution in [-0.2, 0) is 9.59 Å². The summed E-state index contributed by atoms with van der Waals surface area (Å²) in [5.41, 5.74) is 3.66. The molecule has 0 aliphatic rings. The Labute approximate surface area is 163 Å². The molecule has 5 nitrogen and oxygen atoms in total. The minimum absolute atomic E-state index is 0.0295. The summed E-state index contributed by atoms with van der Waals surface area (Å²) in [7, 11) is 0. The van der Waals surface area contributed by atoms with Gasteiger partial charge in [0, 0.05) is 12.1 Å². The molecule has 0 aromatic heterocycles. The fraction of sp³-hybridized carbons (Fsp3) is 0.550. The fourth-order valence-electron chi connectivity index (χ4n) is 2.51. The van der Waals surface area contributed by atoms with E-state index in [1.165, 1.54) is 49.9 Å². The molecule has 156 valence electrons. The van der Waals surface area contributed by atoms with Crippen LogP contribution in [0.5, 0.6) is 0 Å². The molecule has 0 aliphatic carbocycles. The lowest BCUT2D eigenvalue weighted by atomic mass is 10.1. The molecule has 2 amide bonds. The number of halogens is 3. The summed E-state index contributed by atoms with van der Waals surface area (Å²) in [6, 6.07) is 5.73. The van der Waals surface area contributed by atoms with Crippen molar-refractivity contribution in [1.29, 1.82) is 0 Å². The van der Waals surface area contributed by atoms with Crippen molar-refractivity contribution in [3.63, 3.8) is 0 Å². The zero-order valence-corrected chi connectivity index (χ0v) is 16.4. The average Bonchev–Trinajstić information content (AvgIpc) is 2.65. The van der Waals surface area contributed by atoms with Gasteiger partial charge in [-0.15, -0.1) is 0 Å². The van der Waals surface area contributed by atoms with Gasteiger partial charge in [-0.2, -0.15) is 18.3 Å². The van der Waals surface area contributed by atoms with Crippen LogP contribution < -0.4 is 10.7 Å². The Morgan fingerprint density at radius 2 is 1.54 bits per heavy atom. The van der Waals surface area contributed by atoms with E-state index in [0.717, 1.165) is 19.3 Å². The second-order valence-electron chi connectivity index (χ2n) is 6.63. The summed E-state index contributed by atoms with van der Waals surface area (Å²) < 4.78 is 36.7. The fourth-order valence-corrected chi connectivity index (χ4v) is 2.51. The van der Waals surface area contributed by atoms with Gasteiger partial charge in [0.2, 0.25) is 5.91 Å². The second-order valence-corrected chi connectivity index (χ2v) is 6.63. The van der Waals surface area contributed by atoms with Gasteiger partial charge in [-0.3, -0.25) is 9.59 Å². The highest BCUT2D eigenvalue weighted by Gasteiger charge is 2.38. The Balaban J connectivity index is 2.38. The van der Waals surface area contributed by atoms with E-state index < -0.39 is 12.1 Å². The number of alkyl halides is 3. The summed E-state index contributed by atoms with van der Waals surface area (Å²) >= 11 is 0. The Morgan fingerprint density at radius 3 is 2.11 bits per heavy atom. The molecule has 8 heteroatoms. The number of hydrogen-bond acceptors (Lipinski definition) is 3. The van der Waals surface area contributed by atoms with Gasteiger partial charge in [0.05, 0.1) is 5.71 Å². The van der Waals surface area contributed by atoms with E-state index in [1.54, 1.807) is 12.2 Å². The lowest BCUT2D eigenvalue weighted by Gasteiger charge is -2.08. The highest BCUT2D eigenvalue weighted by atomic mass is 19.4. The Hall–Kier alpha value is -2.38. The number of unbranched alkanes of at least 4 members (excludes halogenated alkanes) is 6. The molecular formula is C20H28F3N3O2. The van der Waals surface area contributed by atoms with Crippen molar-refractivity contribution in [2.24, 2.45) is 5.10 Å². The number of hydrogen-bond donors (Lipinski definition) is 2. The molecule has 0 radical (unpaired) electrons. The van der Waals surface area contributed by atoms with Gasteiger partial charge < -0.3 is 5.32 Å². The number of nitrogens with one attached hydrogen (secondary N) is 2. The van der Waals surface area contributed by atoms with Gasteiger partial charge in [-0.05, 0) is 31.0 Å². The van der Waals surface area contributed by atoms with E-state index in [4.69, 9.17) is 0 Å². The number of carbonyl (C=O) groups is 2. The molecule has 0 fully saturated rings. The van der Waals surface area contributed by atoms with Crippen LogP contribution in [0.25, 0.3) is 0 Å². The van der Waals surface area contributed by atoms with Crippen LogP contribution in [0.1, 0.15) is 70.8 Å². The predicted molar refractivity (Wildman–Crippen MR) is 104 cm³/mol. The number of carbonyl (C=O) groups excluding carboxylic acids is 2. The monoisotopic (exact) mass is 399 g/mol. The first kappa shape index (κ1) is 23.7. The van der Waals surface area contributed by atoms with E-state index in [-0.39, 0.29) is 11.6 Å². The Morgan fingerprint density at radius 1 is 0.964 bits per heavy atom. The molecule has 1 aromatic rings. The molecule has 0 spiro atoms. The quantitative estimate of drug-likeness (QED) is 0.306. The maximum absolute atomic E-state index is 12.2. The first-order valence-corrected chi connectivity index (χ1v) is 9.55. The average molecular weight is 399 g/mol. The highest BCUT2D eigenvalue weighted by Crippen LogP contribution is 2.18. The minimum atomic E-state index is -4.93. The molecule has 1 aromatic carbocycles. The van der Waals surface area contributed by atoms with Crippen LogP contribution in [0.4, 0.5) is 18.9 Å². The molecule has 0 bridgehead atoms. The second kappa shape index (κ2) is 12.2. The summed E-state index contributed by atoms with van der Waals surface area (Å²) in [5.74, 6) is -2.19. The summed E-state index contributed by atoms with van der Waals surface area (Å²) in [5, 5.41) is 5.78. The smallest absolute Gasteiger partial charge is 0.318 e. The Bertz CT molecular complexity index is 656. The number of anilines is 1. The summed E-state index contributed by atoms with van der Waals surface area (Å²) in [4.78, 5) is 22.7. The predicted octanol–water partition coefficient (Wildman–Crippen LogP) is 5.17. The molecule has 28 heavy (non-hydrogen) atoms.